The third-order valence-electron chi connectivity index (χ3n) is 1.89. The summed E-state index contributed by atoms with van der Waals surface area (Å²) in [6, 6.07) is 7.20. The first-order chi connectivity index (χ1) is 6.09. The minimum absolute atomic E-state index is 0.297. The predicted molar refractivity (Wildman–Crippen MR) is 50.2 cm³/mol. The van der Waals surface area contributed by atoms with Crippen molar-refractivity contribution in [2.24, 2.45) is 0 Å². The summed E-state index contributed by atoms with van der Waals surface area (Å²) in [5.74, 6) is -0.0565. The van der Waals surface area contributed by atoms with Gasteiger partial charge in [-0.2, -0.15) is 0 Å². The van der Waals surface area contributed by atoms with Gasteiger partial charge in [0.05, 0.1) is 0 Å². The van der Waals surface area contributed by atoms with Gasteiger partial charge in [-0.3, -0.25) is 0 Å². The quantitative estimate of drug-likeness (QED) is 0.378. The molecule has 1 aliphatic rings. The van der Waals surface area contributed by atoms with Gasteiger partial charge in [-0.1, -0.05) is 41.4 Å². The monoisotopic (exact) mass is 216 g/mol. The lowest BCUT2D eigenvalue weighted by Gasteiger charge is -2.24. The highest BCUT2D eigenvalue weighted by Gasteiger charge is 2.40. The number of fused-ring (bicyclic) bond motifs is 1. The van der Waals surface area contributed by atoms with Gasteiger partial charge in [0.15, 0.2) is 0 Å². The minimum atomic E-state index is -1.44. The molecular formula is C9H6Cl2O2. The highest BCUT2D eigenvalue weighted by atomic mass is 35.5. The third-order valence-corrected chi connectivity index (χ3v) is 2.46. The number of halogens is 2. The first kappa shape index (κ1) is 8.85. The third kappa shape index (κ3) is 1.52. The highest BCUT2D eigenvalue weighted by molar-refractivity contribution is 6.57. The Morgan fingerprint density at radius 3 is 2.77 bits per heavy atom. The Bertz CT molecular complexity index is 360. The van der Waals surface area contributed by atoms with Crippen LogP contribution in [0, 0.1) is 0 Å². The number of ether oxygens (including phenoxy) is 1. The molecule has 1 aliphatic heterocycles. The molecule has 0 saturated carbocycles. The molecule has 0 fully saturated rings. The van der Waals surface area contributed by atoms with E-state index in [1.807, 2.05) is 12.1 Å². The van der Waals surface area contributed by atoms with E-state index in [2.05, 4.69) is 0 Å². The van der Waals surface area contributed by atoms with E-state index >= 15 is 0 Å². The van der Waals surface area contributed by atoms with Crippen LogP contribution >= 0.6 is 23.2 Å². The van der Waals surface area contributed by atoms with Crippen LogP contribution in [0.5, 0.6) is 5.75 Å². The van der Waals surface area contributed by atoms with Gasteiger partial charge >= 0.3 is 5.97 Å². The Morgan fingerprint density at radius 2 is 2.00 bits per heavy atom. The van der Waals surface area contributed by atoms with Gasteiger partial charge in [0.25, 0.3) is 0 Å². The van der Waals surface area contributed by atoms with E-state index in [-0.39, 0.29) is 0 Å². The summed E-state index contributed by atoms with van der Waals surface area (Å²) in [5, 5.41) is 0. The molecule has 1 aromatic rings. The number of para-hydroxylation sites is 1. The second kappa shape index (κ2) is 2.89. The van der Waals surface area contributed by atoms with Crippen LogP contribution in [-0.2, 0) is 11.2 Å². The fourth-order valence-corrected chi connectivity index (χ4v) is 1.60. The number of esters is 1. The molecule has 1 aromatic carbocycles. The number of rotatable bonds is 0. The first-order valence-corrected chi connectivity index (χ1v) is 4.53. The zero-order chi connectivity index (χ0) is 9.47. The predicted octanol–water partition coefficient (Wildman–Crippen LogP) is 2.32. The maximum Gasteiger partial charge on any atom is 0.348 e. The molecule has 0 bridgehead atoms. The standard InChI is InChI=1S/C9H6Cl2O2/c10-9(11)5-6-3-1-2-4-7(6)13-8(9)12/h1-4H,5H2. The molecule has 2 nitrogen and oxygen atoms in total. The van der Waals surface area contributed by atoms with E-state index in [4.69, 9.17) is 27.9 Å². The van der Waals surface area contributed by atoms with Crippen molar-refractivity contribution in [2.75, 3.05) is 0 Å². The summed E-state index contributed by atoms with van der Waals surface area (Å²) in [6.07, 6.45) is 0.297. The number of hydrogen-bond donors (Lipinski definition) is 0. The Morgan fingerprint density at radius 1 is 1.31 bits per heavy atom. The van der Waals surface area contributed by atoms with E-state index in [9.17, 15) is 4.79 Å². The second-order valence-corrected chi connectivity index (χ2v) is 4.36. The lowest BCUT2D eigenvalue weighted by Crippen LogP contribution is -2.36. The van der Waals surface area contributed by atoms with Crippen LogP contribution in [0.3, 0.4) is 0 Å². The molecule has 0 aliphatic carbocycles. The van der Waals surface area contributed by atoms with Crippen molar-refractivity contribution in [3.8, 4) is 5.75 Å². The molecule has 0 spiro atoms. The lowest BCUT2D eigenvalue weighted by atomic mass is 10.1. The van der Waals surface area contributed by atoms with Gasteiger partial charge in [-0.15, -0.1) is 0 Å². The molecule has 13 heavy (non-hydrogen) atoms. The normalized spacial score (nSPS) is 19.1. The largest absolute Gasteiger partial charge is 0.424 e. The maximum absolute atomic E-state index is 11.2. The van der Waals surface area contributed by atoms with Crippen molar-refractivity contribution in [1.29, 1.82) is 0 Å². The van der Waals surface area contributed by atoms with Crippen LogP contribution < -0.4 is 4.74 Å². The summed E-state index contributed by atoms with van der Waals surface area (Å²) in [4.78, 5) is 11.2. The van der Waals surface area contributed by atoms with Crippen LogP contribution in [-0.4, -0.2) is 10.3 Å². The zero-order valence-corrected chi connectivity index (χ0v) is 8.10. The maximum atomic E-state index is 11.2. The molecule has 2 rings (SSSR count). The highest BCUT2D eigenvalue weighted by Crippen LogP contribution is 2.36. The van der Waals surface area contributed by atoms with Crippen molar-refractivity contribution in [3.05, 3.63) is 29.8 Å². The molecule has 0 aromatic heterocycles. The summed E-state index contributed by atoms with van der Waals surface area (Å²) in [7, 11) is 0. The molecule has 0 unspecified atom stereocenters. The van der Waals surface area contributed by atoms with Crippen molar-refractivity contribution in [3.63, 3.8) is 0 Å². The molecule has 0 saturated heterocycles. The number of hydrogen-bond acceptors (Lipinski definition) is 2. The lowest BCUT2D eigenvalue weighted by molar-refractivity contribution is -0.136. The molecule has 1 heterocycles. The van der Waals surface area contributed by atoms with Crippen molar-refractivity contribution < 1.29 is 9.53 Å². The van der Waals surface area contributed by atoms with Gasteiger partial charge in [-0.05, 0) is 11.6 Å². The molecule has 0 amide bonds. The number of alkyl halides is 2. The van der Waals surface area contributed by atoms with E-state index in [1.54, 1.807) is 12.1 Å². The van der Waals surface area contributed by atoms with E-state index in [0.29, 0.717) is 12.2 Å². The summed E-state index contributed by atoms with van der Waals surface area (Å²) in [5.41, 5.74) is 0.854. The minimum Gasteiger partial charge on any atom is -0.424 e. The van der Waals surface area contributed by atoms with Gasteiger partial charge in [0.1, 0.15) is 5.75 Å². The number of benzene rings is 1. The number of carbonyl (C=O) groups is 1. The Hall–Kier alpha value is -0.730. The molecule has 68 valence electrons. The second-order valence-electron chi connectivity index (χ2n) is 2.88. The van der Waals surface area contributed by atoms with E-state index < -0.39 is 10.3 Å². The topological polar surface area (TPSA) is 26.3 Å². The van der Waals surface area contributed by atoms with Gasteiger partial charge < -0.3 is 4.74 Å². The van der Waals surface area contributed by atoms with Crippen LogP contribution in [0.1, 0.15) is 5.56 Å². The average molecular weight is 217 g/mol. The molecule has 0 radical (unpaired) electrons. The van der Waals surface area contributed by atoms with Crippen LogP contribution in [0.2, 0.25) is 0 Å². The smallest absolute Gasteiger partial charge is 0.348 e. The van der Waals surface area contributed by atoms with E-state index in [0.717, 1.165) is 5.56 Å². The fraction of sp³-hybridized carbons (Fsp3) is 0.222. The average Bonchev–Trinajstić information content (AvgIpc) is 2.06. The SMILES string of the molecule is O=C1Oc2ccccc2CC1(Cl)Cl. The van der Waals surface area contributed by atoms with Gasteiger partial charge in [0, 0.05) is 6.42 Å². The van der Waals surface area contributed by atoms with Crippen molar-refractivity contribution in [2.45, 2.75) is 10.8 Å². The molecular weight excluding hydrogens is 211 g/mol. The fourth-order valence-electron chi connectivity index (χ4n) is 1.24. The van der Waals surface area contributed by atoms with Crippen LogP contribution in [0.25, 0.3) is 0 Å². The first-order valence-electron chi connectivity index (χ1n) is 3.77. The van der Waals surface area contributed by atoms with Gasteiger partial charge in [0.2, 0.25) is 4.33 Å². The molecule has 4 heteroatoms. The summed E-state index contributed by atoms with van der Waals surface area (Å²) >= 11 is 11.5. The Kier molecular flexibility index (Phi) is 1.97. The van der Waals surface area contributed by atoms with Crippen LogP contribution in [0.15, 0.2) is 24.3 Å². The number of carbonyl (C=O) groups excluding carboxylic acids is 1. The Labute approximate surface area is 85.4 Å². The molecule has 0 atom stereocenters. The van der Waals surface area contributed by atoms with Crippen molar-refractivity contribution in [1.82, 2.24) is 0 Å². The summed E-state index contributed by atoms with van der Waals surface area (Å²) < 4.78 is 3.51. The van der Waals surface area contributed by atoms with Crippen LogP contribution in [0.4, 0.5) is 0 Å². The zero-order valence-electron chi connectivity index (χ0n) is 6.59. The Balaban J connectivity index is 2.44. The molecule has 0 N–H and O–H groups in total. The summed E-state index contributed by atoms with van der Waals surface area (Å²) in [6.45, 7) is 0. The van der Waals surface area contributed by atoms with Crippen molar-refractivity contribution >= 4 is 29.2 Å². The van der Waals surface area contributed by atoms with E-state index in [1.165, 1.54) is 0 Å². The van der Waals surface area contributed by atoms with Gasteiger partial charge in [-0.25, -0.2) is 4.79 Å².